The van der Waals surface area contributed by atoms with Gasteiger partial charge in [-0.3, -0.25) is 4.79 Å². The Bertz CT molecular complexity index is 805. The maximum absolute atomic E-state index is 12.5. The van der Waals surface area contributed by atoms with Gasteiger partial charge in [-0.05, 0) is 42.3 Å². The van der Waals surface area contributed by atoms with E-state index in [1.807, 2.05) is 18.2 Å². The minimum Gasteiger partial charge on any atom is -0.497 e. The van der Waals surface area contributed by atoms with E-state index >= 15 is 0 Å². The van der Waals surface area contributed by atoms with E-state index in [-0.39, 0.29) is 17.9 Å². The van der Waals surface area contributed by atoms with E-state index in [0.717, 1.165) is 17.1 Å². The van der Waals surface area contributed by atoms with E-state index < -0.39 is 0 Å². The van der Waals surface area contributed by atoms with Gasteiger partial charge in [0.15, 0.2) is 0 Å². The van der Waals surface area contributed by atoms with Crippen LogP contribution in [0.5, 0.6) is 11.5 Å². The highest BCUT2D eigenvalue weighted by molar-refractivity contribution is 5.94. The third-order valence-electron chi connectivity index (χ3n) is 4.19. The van der Waals surface area contributed by atoms with Gasteiger partial charge in [0.1, 0.15) is 18.1 Å². The molecule has 136 valence electrons. The molecule has 1 aliphatic rings. The summed E-state index contributed by atoms with van der Waals surface area (Å²) in [6, 6.07) is 12.3. The standard InChI is InChI=1S/C19H21N3O4/c1-20-19(24)22-15-6-4-14(5-7-15)21-18(23)13-9-12-3-8-16(25-2)10-17(12)26-11-13/h3-8,10,13H,9,11H2,1-2H3,(H,21,23)(H2,20,22,24)/t13-/m0/s1. The zero-order valence-corrected chi connectivity index (χ0v) is 14.7. The average molecular weight is 355 g/mol. The summed E-state index contributed by atoms with van der Waals surface area (Å²) in [4.78, 5) is 23.8. The summed E-state index contributed by atoms with van der Waals surface area (Å²) in [5.74, 6) is 1.13. The van der Waals surface area contributed by atoms with Crippen molar-refractivity contribution in [2.24, 2.45) is 5.92 Å². The summed E-state index contributed by atoms with van der Waals surface area (Å²) in [6.45, 7) is 0.322. The molecule has 7 heteroatoms. The first kappa shape index (κ1) is 17.6. The second-order valence-electron chi connectivity index (χ2n) is 5.96. The Hall–Kier alpha value is -3.22. The molecule has 0 saturated heterocycles. The lowest BCUT2D eigenvalue weighted by molar-refractivity contribution is -0.121. The number of carbonyl (C=O) groups excluding carboxylic acids is 2. The molecule has 2 aromatic rings. The topological polar surface area (TPSA) is 88.7 Å². The molecular formula is C19H21N3O4. The Morgan fingerprint density at radius 3 is 2.42 bits per heavy atom. The number of methoxy groups -OCH3 is 1. The van der Waals surface area contributed by atoms with Gasteiger partial charge in [-0.25, -0.2) is 4.79 Å². The van der Waals surface area contributed by atoms with Gasteiger partial charge < -0.3 is 25.4 Å². The Morgan fingerprint density at radius 2 is 1.77 bits per heavy atom. The van der Waals surface area contributed by atoms with Crippen LogP contribution in [-0.4, -0.2) is 32.7 Å². The van der Waals surface area contributed by atoms with Gasteiger partial charge in [0.05, 0.1) is 13.0 Å². The highest BCUT2D eigenvalue weighted by Gasteiger charge is 2.26. The van der Waals surface area contributed by atoms with Crippen molar-refractivity contribution in [2.75, 3.05) is 31.4 Å². The van der Waals surface area contributed by atoms with Crippen molar-refractivity contribution < 1.29 is 19.1 Å². The molecule has 0 bridgehead atoms. The predicted molar refractivity (Wildman–Crippen MR) is 98.8 cm³/mol. The van der Waals surface area contributed by atoms with Crippen molar-refractivity contribution in [3.05, 3.63) is 48.0 Å². The summed E-state index contributed by atoms with van der Waals surface area (Å²) in [6.07, 6.45) is 0.613. The fourth-order valence-electron chi connectivity index (χ4n) is 2.72. The van der Waals surface area contributed by atoms with Crippen molar-refractivity contribution in [1.82, 2.24) is 5.32 Å². The summed E-state index contributed by atoms with van der Waals surface area (Å²) < 4.78 is 10.9. The van der Waals surface area contributed by atoms with Crippen LogP contribution in [0.25, 0.3) is 0 Å². The first-order valence-corrected chi connectivity index (χ1v) is 8.28. The number of amides is 3. The van der Waals surface area contributed by atoms with Crippen LogP contribution in [0.15, 0.2) is 42.5 Å². The number of rotatable bonds is 4. The normalized spacial score (nSPS) is 15.2. The van der Waals surface area contributed by atoms with E-state index in [4.69, 9.17) is 9.47 Å². The lowest BCUT2D eigenvalue weighted by Crippen LogP contribution is -2.32. The zero-order valence-electron chi connectivity index (χ0n) is 14.7. The molecule has 3 rings (SSSR count). The van der Waals surface area contributed by atoms with Crippen LogP contribution in [0.1, 0.15) is 5.56 Å². The molecular weight excluding hydrogens is 334 g/mol. The van der Waals surface area contributed by atoms with Gasteiger partial charge in [0.2, 0.25) is 5.91 Å². The number of ether oxygens (including phenoxy) is 2. The molecule has 1 heterocycles. The second-order valence-corrected chi connectivity index (χ2v) is 5.96. The zero-order chi connectivity index (χ0) is 18.5. The Morgan fingerprint density at radius 1 is 1.08 bits per heavy atom. The third-order valence-corrected chi connectivity index (χ3v) is 4.19. The summed E-state index contributed by atoms with van der Waals surface area (Å²) in [5, 5.41) is 8.03. The number of nitrogens with one attached hydrogen (secondary N) is 3. The van der Waals surface area contributed by atoms with Crippen LogP contribution < -0.4 is 25.4 Å². The molecule has 3 N–H and O–H groups in total. The van der Waals surface area contributed by atoms with Crippen molar-refractivity contribution in [1.29, 1.82) is 0 Å². The van der Waals surface area contributed by atoms with Crippen molar-refractivity contribution in [3.8, 4) is 11.5 Å². The van der Waals surface area contributed by atoms with Crippen molar-refractivity contribution in [3.63, 3.8) is 0 Å². The third kappa shape index (κ3) is 4.05. The van der Waals surface area contributed by atoms with Crippen LogP contribution in [0, 0.1) is 5.92 Å². The van der Waals surface area contributed by atoms with E-state index in [1.165, 1.54) is 0 Å². The van der Waals surface area contributed by atoms with E-state index in [0.29, 0.717) is 24.4 Å². The lowest BCUT2D eigenvalue weighted by atomic mass is 9.96. The summed E-state index contributed by atoms with van der Waals surface area (Å²) in [5.41, 5.74) is 2.30. The quantitative estimate of drug-likeness (QED) is 0.787. The second kappa shape index (κ2) is 7.77. The van der Waals surface area contributed by atoms with Crippen molar-refractivity contribution in [2.45, 2.75) is 6.42 Å². The van der Waals surface area contributed by atoms with Gasteiger partial charge in [-0.1, -0.05) is 6.07 Å². The van der Waals surface area contributed by atoms with Crippen LogP contribution in [0.3, 0.4) is 0 Å². The first-order valence-electron chi connectivity index (χ1n) is 8.28. The van der Waals surface area contributed by atoms with Gasteiger partial charge in [-0.15, -0.1) is 0 Å². The number of carbonyl (C=O) groups is 2. The average Bonchev–Trinajstić information content (AvgIpc) is 2.68. The van der Waals surface area contributed by atoms with Crippen LogP contribution >= 0.6 is 0 Å². The molecule has 0 fully saturated rings. The number of anilines is 2. The fourth-order valence-corrected chi connectivity index (χ4v) is 2.72. The number of hydrogen-bond donors (Lipinski definition) is 3. The summed E-state index contributed by atoms with van der Waals surface area (Å²) >= 11 is 0. The molecule has 1 aliphatic heterocycles. The van der Waals surface area contributed by atoms with Gasteiger partial charge >= 0.3 is 6.03 Å². The van der Waals surface area contributed by atoms with Crippen LogP contribution in [0.2, 0.25) is 0 Å². The maximum Gasteiger partial charge on any atom is 0.318 e. The van der Waals surface area contributed by atoms with Gasteiger partial charge in [0, 0.05) is 24.5 Å². The molecule has 3 amide bonds. The molecule has 0 saturated carbocycles. The fraction of sp³-hybridized carbons (Fsp3) is 0.263. The van der Waals surface area contributed by atoms with Crippen LogP contribution in [-0.2, 0) is 11.2 Å². The van der Waals surface area contributed by atoms with Crippen LogP contribution in [0.4, 0.5) is 16.2 Å². The Kier molecular flexibility index (Phi) is 5.26. The lowest BCUT2D eigenvalue weighted by Gasteiger charge is -2.25. The monoisotopic (exact) mass is 355 g/mol. The maximum atomic E-state index is 12.5. The molecule has 0 aromatic heterocycles. The number of hydrogen-bond acceptors (Lipinski definition) is 4. The van der Waals surface area contributed by atoms with Gasteiger partial charge in [0.25, 0.3) is 0 Å². The molecule has 0 radical (unpaired) electrons. The first-order chi connectivity index (χ1) is 12.6. The molecule has 0 unspecified atom stereocenters. The van der Waals surface area contributed by atoms with E-state index in [2.05, 4.69) is 16.0 Å². The Balaban J connectivity index is 1.60. The highest BCUT2D eigenvalue weighted by Crippen LogP contribution is 2.31. The minimum atomic E-state index is -0.295. The number of urea groups is 1. The molecule has 1 atom stereocenters. The number of benzene rings is 2. The highest BCUT2D eigenvalue weighted by atomic mass is 16.5. The molecule has 0 aliphatic carbocycles. The summed E-state index contributed by atoms with van der Waals surface area (Å²) in [7, 11) is 3.15. The number of fused-ring (bicyclic) bond motifs is 1. The van der Waals surface area contributed by atoms with E-state index in [9.17, 15) is 9.59 Å². The van der Waals surface area contributed by atoms with Crippen molar-refractivity contribution >= 4 is 23.3 Å². The smallest absolute Gasteiger partial charge is 0.318 e. The Labute approximate surface area is 151 Å². The molecule has 2 aromatic carbocycles. The molecule has 0 spiro atoms. The molecule has 26 heavy (non-hydrogen) atoms. The molecule has 7 nitrogen and oxygen atoms in total. The minimum absolute atomic E-state index is 0.0986. The van der Waals surface area contributed by atoms with Gasteiger partial charge in [-0.2, -0.15) is 0 Å². The SMILES string of the molecule is CNC(=O)Nc1ccc(NC(=O)[C@@H]2COc3cc(OC)ccc3C2)cc1. The predicted octanol–water partition coefficient (Wildman–Crippen LogP) is 2.64. The largest absolute Gasteiger partial charge is 0.497 e. The van der Waals surface area contributed by atoms with E-state index in [1.54, 1.807) is 38.4 Å².